The van der Waals surface area contributed by atoms with Crippen LogP contribution in [-0.2, 0) is 32.4 Å². The van der Waals surface area contributed by atoms with E-state index in [0.717, 1.165) is 0 Å². The molecule has 1 amide bonds. The summed E-state index contributed by atoms with van der Waals surface area (Å²) in [6, 6.07) is 2.96. The topological polar surface area (TPSA) is 115 Å². The smallest absolute Gasteiger partial charge is 0.446 e. The van der Waals surface area contributed by atoms with E-state index < -0.39 is 39.9 Å². The molecule has 1 aromatic heterocycles. The number of nitrogens with one attached hydrogen (secondary N) is 2. The molecule has 0 bridgehead atoms. The number of aryl methyl sites for hydroxylation is 1. The highest BCUT2D eigenvalue weighted by Crippen LogP contribution is 2.36. The Bertz CT molecular complexity index is 1290. The van der Waals surface area contributed by atoms with Crippen molar-refractivity contribution in [3.8, 4) is 0 Å². The quantitative estimate of drug-likeness (QED) is 0.527. The summed E-state index contributed by atoms with van der Waals surface area (Å²) in [6.45, 7) is 8.47. The van der Waals surface area contributed by atoms with Crippen molar-refractivity contribution in [2.75, 3.05) is 31.0 Å². The molecular weight excluding hydrogens is 539 g/mol. The van der Waals surface area contributed by atoms with E-state index in [1.54, 1.807) is 6.92 Å². The number of piperidine rings is 1. The predicted octanol–water partition coefficient (Wildman–Crippen LogP) is 4.44. The van der Waals surface area contributed by atoms with Crippen molar-refractivity contribution in [2.24, 2.45) is 5.92 Å². The second-order valence-electron chi connectivity index (χ2n) is 11.2. The molecule has 1 aromatic carbocycles. The Labute approximate surface area is 226 Å². The lowest BCUT2D eigenvalue weighted by Crippen LogP contribution is -2.46. The molecule has 2 fully saturated rings. The van der Waals surface area contributed by atoms with Gasteiger partial charge in [-0.15, -0.1) is 0 Å². The fourth-order valence-corrected chi connectivity index (χ4v) is 6.22. The van der Waals surface area contributed by atoms with E-state index in [2.05, 4.69) is 15.0 Å². The number of alkyl halides is 3. The zero-order valence-corrected chi connectivity index (χ0v) is 23.4. The van der Waals surface area contributed by atoms with Crippen LogP contribution >= 0.6 is 0 Å². The minimum Gasteiger partial charge on any atom is -0.446 e. The van der Waals surface area contributed by atoms with Gasteiger partial charge in [0.2, 0.25) is 5.82 Å². The molecule has 0 atom stereocenters. The maximum atomic E-state index is 13.9. The largest absolute Gasteiger partial charge is 0.449 e. The number of benzene rings is 1. The van der Waals surface area contributed by atoms with Crippen molar-refractivity contribution in [2.45, 2.75) is 77.7 Å². The van der Waals surface area contributed by atoms with Gasteiger partial charge < -0.3 is 19.4 Å². The third-order valence-electron chi connectivity index (χ3n) is 6.94. The van der Waals surface area contributed by atoms with Crippen molar-refractivity contribution in [3.63, 3.8) is 0 Å². The van der Waals surface area contributed by atoms with E-state index in [4.69, 9.17) is 9.47 Å². The number of ether oxygens (including phenoxy) is 2. The van der Waals surface area contributed by atoms with Crippen LogP contribution in [0.25, 0.3) is 11.0 Å². The van der Waals surface area contributed by atoms with Crippen molar-refractivity contribution in [3.05, 3.63) is 23.5 Å². The third-order valence-corrected chi connectivity index (χ3v) is 8.46. The van der Waals surface area contributed by atoms with Crippen LogP contribution in [0.4, 0.5) is 23.7 Å². The van der Waals surface area contributed by atoms with Gasteiger partial charge in [-0.25, -0.2) is 9.78 Å². The molecule has 14 heteroatoms. The molecule has 2 aromatic rings. The van der Waals surface area contributed by atoms with Gasteiger partial charge in [0.25, 0.3) is 0 Å². The van der Waals surface area contributed by atoms with E-state index in [0.29, 0.717) is 50.0 Å². The van der Waals surface area contributed by atoms with Crippen LogP contribution in [0.15, 0.2) is 12.1 Å². The van der Waals surface area contributed by atoms with E-state index in [-0.39, 0.29) is 36.8 Å². The zero-order chi connectivity index (χ0) is 28.6. The summed E-state index contributed by atoms with van der Waals surface area (Å²) in [5.41, 5.74) is 0.428. The highest BCUT2D eigenvalue weighted by molar-refractivity contribution is 7.90. The number of nitrogens with zero attached hydrogens (tertiary/aromatic N) is 3. The van der Waals surface area contributed by atoms with Crippen LogP contribution < -0.4 is 10.0 Å². The minimum atomic E-state index is -4.66. The summed E-state index contributed by atoms with van der Waals surface area (Å²) in [7, 11) is -4.01. The number of fused-ring (bicyclic) bond motifs is 1. The number of imidazole rings is 1. The van der Waals surface area contributed by atoms with Gasteiger partial charge >= 0.3 is 22.5 Å². The number of halogens is 3. The number of alkyl carbamates (subject to hydrolysis) is 1. The standard InChI is InChI=1S/C25H36F3N5O5S/c1-16-19(31-39(35,36)32-11-7-18(8-12-32)38-23(34)30-24(2,3)4)5-6-20-21(16)29-22(25(26,27)28)33(20)15-17-9-13-37-14-10-17/h5-6,17-18,31H,7-15H2,1-4H3,(H,30,34). The van der Waals surface area contributed by atoms with Crippen molar-refractivity contribution in [1.82, 2.24) is 19.2 Å². The number of amides is 1. The molecule has 4 rings (SSSR count). The maximum absolute atomic E-state index is 13.9. The number of hydrogen-bond donors (Lipinski definition) is 2. The second-order valence-corrected chi connectivity index (χ2v) is 12.9. The fourth-order valence-electron chi connectivity index (χ4n) is 4.90. The molecule has 0 spiro atoms. The normalized spacial score (nSPS) is 18.8. The lowest BCUT2D eigenvalue weighted by atomic mass is 10.00. The molecule has 0 radical (unpaired) electrons. The Morgan fingerprint density at radius 1 is 1.13 bits per heavy atom. The number of carbonyl (C=O) groups is 1. The molecule has 0 unspecified atom stereocenters. The number of hydrogen-bond acceptors (Lipinski definition) is 6. The van der Waals surface area contributed by atoms with Crippen molar-refractivity contribution >= 4 is 33.0 Å². The first kappa shape index (κ1) is 29.4. The lowest BCUT2D eigenvalue weighted by molar-refractivity contribution is -0.147. The summed E-state index contributed by atoms with van der Waals surface area (Å²) in [5, 5.41) is 2.71. The van der Waals surface area contributed by atoms with Crippen LogP contribution in [0.3, 0.4) is 0 Å². The minimum absolute atomic E-state index is 0.0298. The van der Waals surface area contributed by atoms with Gasteiger partial charge in [0.15, 0.2) is 0 Å². The zero-order valence-electron chi connectivity index (χ0n) is 22.6. The molecule has 3 heterocycles. The lowest BCUT2D eigenvalue weighted by Gasteiger charge is -2.32. The Hall–Kier alpha value is -2.58. The van der Waals surface area contributed by atoms with Gasteiger partial charge in [-0.2, -0.15) is 25.9 Å². The molecule has 2 aliphatic heterocycles. The molecule has 39 heavy (non-hydrogen) atoms. The van der Waals surface area contributed by atoms with Gasteiger partial charge in [-0.1, -0.05) is 0 Å². The Morgan fingerprint density at radius 2 is 1.77 bits per heavy atom. The van der Waals surface area contributed by atoms with E-state index in [1.165, 1.54) is 21.0 Å². The molecule has 218 valence electrons. The number of rotatable bonds is 6. The van der Waals surface area contributed by atoms with Crippen LogP contribution in [-0.4, -0.2) is 66.3 Å². The Morgan fingerprint density at radius 3 is 2.36 bits per heavy atom. The summed E-state index contributed by atoms with van der Waals surface area (Å²) in [6.07, 6.45) is -3.66. The van der Waals surface area contributed by atoms with Gasteiger partial charge in [-0.3, -0.25) is 4.72 Å². The molecule has 2 saturated heterocycles. The third kappa shape index (κ3) is 7.14. The molecule has 0 saturated carbocycles. The predicted molar refractivity (Wildman–Crippen MR) is 140 cm³/mol. The Kier molecular flexibility index (Phi) is 8.39. The number of aromatic nitrogens is 2. The van der Waals surface area contributed by atoms with Crippen molar-refractivity contribution in [1.29, 1.82) is 0 Å². The number of carbonyl (C=O) groups excluding carboxylic acids is 1. The first-order valence-corrected chi connectivity index (χ1v) is 14.5. The second kappa shape index (κ2) is 11.1. The monoisotopic (exact) mass is 575 g/mol. The van der Waals surface area contributed by atoms with Crippen LogP contribution in [0.2, 0.25) is 0 Å². The van der Waals surface area contributed by atoms with Gasteiger partial charge in [0.05, 0.1) is 16.7 Å². The van der Waals surface area contributed by atoms with Gasteiger partial charge in [0, 0.05) is 44.0 Å². The van der Waals surface area contributed by atoms with Crippen LogP contribution in [0, 0.1) is 12.8 Å². The molecule has 0 aliphatic carbocycles. The highest BCUT2D eigenvalue weighted by atomic mass is 32.2. The Balaban J connectivity index is 1.49. The van der Waals surface area contributed by atoms with Crippen molar-refractivity contribution < 1.29 is 35.9 Å². The molecule has 2 aliphatic rings. The highest BCUT2D eigenvalue weighted by Gasteiger charge is 2.39. The average molecular weight is 576 g/mol. The van der Waals surface area contributed by atoms with Gasteiger partial charge in [0.1, 0.15) is 6.10 Å². The summed E-state index contributed by atoms with van der Waals surface area (Å²) in [4.78, 5) is 15.9. The van der Waals surface area contributed by atoms with Gasteiger partial charge in [-0.05, 0) is 71.4 Å². The summed E-state index contributed by atoms with van der Waals surface area (Å²) < 4.78 is 83.7. The van der Waals surface area contributed by atoms with E-state index >= 15 is 0 Å². The van der Waals surface area contributed by atoms with E-state index in [9.17, 15) is 26.4 Å². The SMILES string of the molecule is Cc1c(NS(=O)(=O)N2CCC(OC(=O)NC(C)(C)C)CC2)ccc2c1nc(C(F)(F)F)n2CC1CCOCC1. The van der Waals surface area contributed by atoms with E-state index in [1.807, 2.05) is 20.8 Å². The van der Waals surface area contributed by atoms with Crippen LogP contribution in [0.1, 0.15) is 57.8 Å². The number of anilines is 1. The first-order chi connectivity index (χ1) is 18.1. The summed E-state index contributed by atoms with van der Waals surface area (Å²) >= 11 is 0. The molecule has 2 N–H and O–H groups in total. The maximum Gasteiger partial charge on any atom is 0.449 e. The molecule has 10 nitrogen and oxygen atoms in total. The first-order valence-electron chi connectivity index (χ1n) is 13.1. The van der Waals surface area contributed by atoms with Crippen LogP contribution in [0.5, 0.6) is 0 Å². The fraction of sp³-hybridized carbons (Fsp3) is 0.680. The molecular formula is C25H36F3N5O5S. The average Bonchev–Trinajstić information content (AvgIpc) is 3.20. The summed E-state index contributed by atoms with van der Waals surface area (Å²) in [5.74, 6) is -0.966.